The molecule has 0 unspecified atom stereocenters. The Labute approximate surface area is 109 Å². The summed E-state index contributed by atoms with van der Waals surface area (Å²) in [4.78, 5) is 0.247. The summed E-state index contributed by atoms with van der Waals surface area (Å²) in [6, 6.07) is 5.15. The predicted molar refractivity (Wildman–Crippen MR) is 72.0 cm³/mol. The second kappa shape index (κ2) is 5.38. The first kappa shape index (κ1) is 15.1. The summed E-state index contributed by atoms with van der Waals surface area (Å²) in [7, 11) is -3.55. The van der Waals surface area contributed by atoms with Gasteiger partial charge in [-0.2, -0.15) is 0 Å². The number of aliphatic hydroxyl groups is 1. The maximum atomic E-state index is 12.3. The van der Waals surface area contributed by atoms with Crippen LogP contribution in [0, 0.1) is 6.92 Å². The van der Waals surface area contributed by atoms with Gasteiger partial charge in [0.15, 0.2) is 0 Å². The Morgan fingerprint density at radius 2 is 1.89 bits per heavy atom. The van der Waals surface area contributed by atoms with Gasteiger partial charge in [0.1, 0.15) is 0 Å². The number of aryl methyl sites for hydroxylation is 1. The molecule has 0 radical (unpaired) electrons. The molecule has 0 bridgehead atoms. The van der Waals surface area contributed by atoms with Crippen LogP contribution in [0.2, 0.25) is 0 Å². The normalized spacial score (nSPS) is 12.7. The van der Waals surface area contributed by atoms with Gasteiger partial charge in [0.05, 0.1) is 4.90 Å². The number of hydrogen-bond donors (Lipinski definition) is 2. The van der Waals surface area contributed by atoms with E-state index < -0.39 is 15.6 Å². The first-order chi connectivity index (χ1) is 8.15. The van der Waals surface area contributed by atoms with Gasteiger partial charge in [0.25, 0.3) is 0 Å². The van der Waals surface area contributed by atoms with Crippen molar-refractivity contribution in [1.29, 1.82) is 0 Å². The molecule has 102 valence electrons. The highest BCUT2D eigenvalue weighted by atomic mass is 32.2. The second-order valence-corrected chi connectivity index (χ2v) is 7.09. The fraction of sp³-hybridized carbons (Fsp3) is 0.538. The second-order valence-electron chi connectivity index (χ2n) is 5.44. The van der Waals surface area contributed by atoms with Crippen molar-refractivity contribution in [3.8, 4) is 0 Å². The van der Waals surface area contributed by atoms with E-state index in [1.807, 2.05) is 6.92 Å². The first-order valence-electron chi connectivity index (χ1n) is 5.90. The van der Waals surface area contributed by atoms with Crippen molar-refractivity contribution in [3.05, 3.63) is 29.3 Å². The van der Waals surface area contributed by atoms with Gasteiger partial charge >= 0.3 is 0 Å². The molecule has 0 fully saturated rings. The van der Waals surface area contributed by atoms with Crippen LogP contribution in [-0.4, -0.2) is 25.7 Å². The highest BCUT2D eigenvalue weighted by Crippen LogP contribution is 2.19. The van der Waals surface area contributed by atoms with E-state index in [1.165, 1.54) is 0 Å². The fourth-order valence-corrected chi connectivity index (χ4v) is 3.41. The molecule has 1 aromatic carbocycles. The van der Waals surface area contributed by atoms with Crippen molar-refractivity contribution < 1.29 is 13.5 Å². The first-order valence-corrected chi connectivity index (χ1v) is 7.38. The number of benzene rings is 1. The summed E-state index contributed by atoms with van der Waals surface area (Å²) in [5.74, 6) is 0. The molecule has 0 aliphatic heterocycles. The number of aliphatic hydroxyl groups excluding tert-OH is 1. The van der Waals surface area contributed by atoms with Gasteiger partial charge in [-0.15, -0.1) is 0 Å². The topological polar surface area (TPSA) is 66.4 Å². The van der Waals surface area contributed by atoms with Gasteiger partial charge in [0, 0.05) is 12.1 Å². The number of nitrogens with one attached hydrogen (secondary N) is 1. The summed E-state index contributed by atoms with van der Waals surface area (Å²) < 4.78 is 27.1. The van der Waals surface area contributed by atoms with E-state index in [0.29, 0.717) is 12.0 Å². The van der Waals surface area contributed by atoms with Crippen LogP contribution in [0.3, 0.4) is 0 Å². The fourth-order valence-electron chi connectivity index (χ4n) is 1.74. The van der Waals surface area contributed by atoms with E-state index in [1.54, 1.807) is 39.0 Å². The molecule has 0 aromatic heterocycles. The van der Waals surface area contributed by atoms with Crippen LogP contribution in [0.1, 0.15) is 31.9 Å². The maximum Gasteiger partial charge on any atom is 0.241 e. The third-order valence-corrected chi connectivity index (χ3v) is 4.19. The van der Waals surface area contributed by atoms with Gasteiger partial charge in [-0.1, -0.05) is 17.7 Å². The standard InChI is InChI=1S/C13H21NO3S/c1-10-5-6-12(11(9-10)7-8-15)18(16,17)14-13(2,3)4/h5-6,9,14-15H,7-8H2,1-4H3. The molecule has 4 nitrogen and oxygen atoms in total. The van der Waals surface area contributed by atoms with E-state index in [0.717, 1.165) is 5.56 Å². The van der Waals surface area contributed by atoms with Crippen LogP contribution >= 0.6 is 0 Å². The molecule has 0 aliphatic carbocycles. The Balaban J connectivity index is 3.23. The van der Waals surface area contributed by atoms with E-state index in [-0.39, 0.29) is 11.5 Å². The largest absolute Gasteiger partial charge is 0.396 e. The molecule has 1 rings (SSSR count). The molecule has 0 atom stereocenters. The zero-order chi connectivity index (χ0) is 14.0. The summed E-state index contributed by atoms with van der Waals surface area (Å²) in [6.07, 6.45) is 0.335. The molecule has 2 N–H and O–H groups in total. The molecule has 0 saturated heterocycles. The van der Waals surface area contributed by atoms with Gasteiger partial charge in [-0.25, -0.2) is 13.1 Å². The monoisotopic (exact) mass is 271 g/mol. The molecule has 0 heterocycles. The molecule has 0 aliphatic rings. The minimum atomic E-state index is -3.55. The van der Waals surface area contributed by atoms with Crippen molar-refractivity contribution in [1.82, 2.24) is 4.72 Å². The SMILES string of the molecule is Cc1ccc(S(=O)(=O)NC(C)(C)C)c(CCO)c1. The third kappa shape index (κ3) is 4.08. The van der Waals surface area contributed by atoms with E-state index in [9.17, 15) is 8.42 Å². The molecule has 5 heteroatoms. The van der Waals surface area contributed by atoms with Crippen LogP contribution in [-0.2, 0) is 16.4 Å². The average Bonchev–Trinajstić information content (AvgIpc) is 2.13. The number of hydrogen-bond acceptors (Lipinski definition) is 3. The zero-order valence-electron chi connectivity index (χ0n) is 11.3. The Morgan fingerprint density at radius 1 is 1.28 bits per heavy atom. The molecular weight excluding hydrogens is 250 g/mol. The van der Waals surface area contributed by atoms with Crippen LogP contribution in [0.5, 0.6) is 0 Å². The highest BCUT2D eigenvalue weighted by Gasteiger charge is 2.24. The summed E-state index contributed by atoms with van der Waals surface area (Å²) in [6.45, 7) is 7.22. The molecule has 18 heavy (non-hydrogen) atoms. The molecule has 1 aromatic rings. The lowest BCUT2D eigenvalue weighted by Crippen LogP contribution is -2.40. The average molecular weight is 271 g/mol. The van der Waals surface area contributed by atoms with Crippen LogP contribution < -0.4 is 4.72 Å². The predicted octanol–water partition coefficient (Wildman–Crippen LogP) is 1.61. The van der Waals surface area contributed by atoms with Crippen molar-refractivity contribution in [3.63, 3.8) is 0 Å². The van der Waals surface area contributed by atoms with Crippen LogP contribution in [0.15, 0.2) is 23.1 Å². The van der Waals surface area contributed by atoms with Crippen molar-refractivity contribution >= 4 is 10.0 Å². The van der Waals surface area contributed by atoms with Gasteiger partial charge in [0.2, 0.25) is 10.0 Å². The minimum absolute atomic E-state index is 0.0680. The Morgan fingerprint density at radius 3 is 2.39 bits per heavy atom. The van der Waals surface area contributed by atoms with E-state index in [2.05, 4.69) is 4.72 Å². The number of rotatable bonds is 4. The van der Waals surface area contributed by atoms with Gasteiger partial charge in [-0.05, 0) is 45.7 Å². The lowest BCUT2D eigenvalue weighted by molar-refractivity contribution is 0.298. The van der Waals surface area contributed by atoms with Gasteiger partial charge in [-0.3, -0.25) is 0 Å². The Hall–Kier alpha value is -0.910. The van der Waals surface area contributed by atoms with E-state index >= 15 is 0 Å². The maximum absolute atomic E-state index is 12.3. The quantitative estimate of drug-likeness (QED) is 0.874. The molecule has 0 spiro atoms. The van der Waals surface area contributed by atoms with Crippen molar-refractivity contribution in [2.45, 2.75) is 44.6 Å². The smallest absolute Gasteiger partial charge is 0.241 e. The zero-order valence-corrected chi connectivity index (χ0v) is 12.1. The molecule has 0 saturated carbocycles. The Bertz CT molecular complexity index is 516. The van der Waals surface area contributed by atoms with E-state index in [4.69, 9.17) is 5.11 Å². The van der Waals surface area contributed by atoms with Crippen molar-refractivity contribution in [2.24, 2.45) is 0 Å². The Kier molecular flexibility index (Phi) is 4.53. The molecule has 0 amide bonds. The van der Waals surface area contributed by atoms with Crippen LogP contribution in [0.25, 0.3) is 0 Å². The molecular formula is C13H21NO3S. The summed E-state index contributed by atoms with van der Waals surface area (Å²) in [5, 5.41) is 9.02. The summed E-state index contributed by atoms with van der Waals surface area (Å²) in [5.41, 5.74) is 1.10. The summed E-state index contributed by atoms with van der Waals surface area (Å²) >= 11 is 0. The third-order valence-electron chi connectivity index (χ3n) is 2.33. The highest BCUT2D eigenvalue weighted by molar-refractivity contribution is 7.89. The van der Waals surface area contributed by atoms with Gasteiger partial charge < -0.3 is 5.11 Å². The van der Waals surface area contributed by atoms with Crippen molar-refractivity contribution in [2.75, 3.05) is 6.61 Å². The lowest BCUT2D eigenvalue weighted by Gasteiger charge is -2.21. The lowest BCUT2D eigenvalue weighted by atomic mass is 10.1. The minimum Gasteiger partial charge on any atom is -0.396 e. The number of sulfonamides is 1. The van der Waals surface area contributed by atoms with Crippen LogP contribution in [0.4, 0.5) is 0 Å².